The minimum atomic E-state index is 0.123. The molecule has 1 aromatic rings. The maximum absolute atomic E-state index is 4.15. The topological polar surface area (TPSA) is 40.7 Å². The minimum Gasteiger partial charge on any atom is -0.349 e. The second kappa shape index (κ2) is 3.05. The maximum Gasteiger partial charge on any atom is 0.107 e. The first kappa shape index (κ1) is 8.27. The number of aromatic nitrogens is 2. The Balaban J connectivity index is 2.56. The number of nitrogens with one attached hydrogen (secondary N) is 2. The fourth-order valence-electron chi connectivity index (χ4n) is 0.902. The highest BCUT2D eigenvalue weighted by molar-refractivity contribution is 4.94. The van der Waals surface area contributed by atoms with E-state index in [0.29, 0.717) is 0 Å². The molecular formula is C8H15N3. The Bertz CT molecular complexity index is 201. The molecule has 1 rings (SSSR count). The number of aromatic amines is 1. The van der Waals surface area contributed by atoms with Gasteiger partial charge < -0.3 is 10.3 Å². The number of H-pyrrole nitrogens is 1. The van der Waals surface area contributed by atoms with Gasteiger partial charge in [0.25, 0.3) is 0 Å². The van der Waals surface area contributed by atoms with E-state index in [1.165, 1.54) is 0 Å². The van der Waals surface area contributed by atoms with Crippen LogP contribution in [-0.4, -0.2) is 22.6 Å². The molecule has 0 spiro atoms. The summed E-state index contributed by atoms with van der Waals surface area (Å²) in [6.07, 6.45) is 4.55. The summed E-state index contributed by atoms with van der Waals surface area (Å²) in [4.78, 5) is 7.23. The minimum absolute atomic E-state index is 0.123. The summed E-state index contributed by atoms with van der Waals surface area (Å²) >= 11 is 0. The lowest BCUT2D eigenvalue weighted by Crippen LogP contribution is -2.38. The normalized spacial score (nSPS) is 11.9. The molecule has 0 aromatic carbocycles. The van der Waals surface area contributed by atoms with Gasteiger partial charge >= 0.3 is 0 Å². The van der Waals surface area contributed by atoms with Gasteiger partial charge in [0.1, 0.15) is 5.82 Å². The second-order valence-electron chi connectivity index (χ2n) is 3.35. The van der Waals surface area contributed by atoms with Crippen LogP contribution >= 0.6 is 0 Å². The zero-order chi connectivity index (χ0) is 8.32. The molecule has 0 bridgehead atoms. The molecule has 0 fully saturated rings. The molecule has 0 amide bonds. The van der Waals surface area contributed by atoms with Crippen molar-refractivity contribution in [1.82, 2.24) is 15.3 Å². The molecule has 3 nitrogen and oxygen atoms in total. The lowest BCUT2D eigenvalue weighted by molar-refractivity contribution is 0.414. The van der Waals surface area contributed by atoms with Gasteiger partial charge in [0.2, 0.25) is 0 Å². The molecule has 0 aliphatic carbocycles. The van der Waals surface area contributed by atoms with E-state index < -0.39 is 0 Å². The van der Waals surface area contributed by atoms with E-state index in [-0.39, 0.29) is 5.54 Å². The molecule has 1 aromatic heterocycles. The third kappa shape index (κ3) is 2.35. The van der Waals surface area contributed by atoms with Crippen LogP contribution in [0.25, 0.3) is 0 Å². The molecule has 0 radical (unpaired) electrons. The molecule has 0 atom stereocenters. The Morgan fingerprint density at radius 3 is 2.82 bits per heavy atom. The first-order valence-corrected chi connectivity index (χ1v) is 3.81. The highest BCUT2D eigenvalue weighted by Gasteiger charge is 2.15. The van der Waals surface area contributed by atoms with Gasteiger partial charge in [-0.05, 0) is 20.9 Å². The lowest BCUT2D eigenvalue weighted by Gasteiger charge is -2.22. The summed E-state index contributed by atoms with van der Waals surface area (Å²) in [6.45, 7) is 4.30. The smallest absolute Gasteiger partial charge is 0.107 e. The van der Waals surface area contributed by atoms with Gasteiger partial charge in [-0.3, -0.25) is 0 Å². The maximum atomic E-state index is 4.15. The van der Waals surface area contributed by atoms with Gasteiger partial charge in [-0.25, -0.2) is 4.98 Å². The van der Waals surface area contributed by atoms with Gasteiger partial charge in [0.15, 0.2) is 0 Å². The first-order valence-electron chi connectivity index (χ1n) is 3.81. The van der Waals surface area contributed by atoms with Crippen LogP contribution in [-0.2, 0) is 6.42 Å². The first-order chi connectivity index (χ1) is 5.14. The van der Waals surface area contributed by atoms with Crippen molar-refractivity contribution in [2.24, 2.45) is 0 Å². The standard InChI is InChI=1S/C8H15N3/c1-8(2,9-3)6-7-10-4-5-11-7/h4-5,9H,6H2,1-3H3,(H,10,11). The van der Waals surface area contributed by atoms with Crippen LogP contribution in [0, 0.1) is 0 Å². The van der Waals surface area contributed by atoms with Gasteiger partial charge in [-0.15, -0.1) is 0 Å². The van der Waals surface area contributed by atoms with Crippen LogP contribution in [0.5, 0.6) is 0 Å². The summed E-state index contributed by atoms with van der Waals surface area (Å²) in [7, 11) is 1.96. The van der Waals surface area contributed by atoms with E-state index in [1.807, 2.05) is 13.2 Å². The Labute approximate surface area is 67.2 Å². The number of rotatable bonds is 3. The average Bonchev–Trinajstić information content (AvgIpc) is 2.39. The van der Waals surface area contributed by atoms with E-state index in [9.17, 15) is 0 Å². The summed E-state index contributed by atoms with van der Waals surface area (Å²) in [5, 5.41) is 3.22. The summed E-state index contributed by atoms with van der Waals surface area (Å²) in [5.41, 5.74) is 0.123. The molecule has 2 N–H and O–H groups in total. The van der Waals surface area contributed by atoms with Crippen molar-refractivity contribution in [2.75, 3.05) is 7.05 Å². The Morgan fingerprint density at radius 1 is 1.64 bits per heavy atom. The third-order valence-corrected chi connectivity index (χ3v) is 1.84. The molecular weight excluding hydrogens is 138 g/mol. The fraction of sp³-hybridized carbons (Fsp3) is 0.625. The molecule has 62 valence electrons. The van der Waals surface area contributed by atoms with Crippen LogP contribution in [0.15, 0.2) is 12.4 Å². The van der Waals surface area contributed by atoms with Crippen molar-refractivity contribution in [2.45, 2.75) is 25.8 Å². The van der Waals surface area contributed by atoms with Crippen molar-refractivity contribution in [3.8, 4) is 0 Å². The Hall–Kier alpha value is -0.830. The molecule has 1 heterocycles. The number of hydrogen-bond donors (Lipinski definition) is 2. The number of nitrogens with zero attached hydrogens (tertiary/aromatic N) is 1. The van der Waals surface area contributed by atoms with Crippen molar-refractivity contribution in [3.63, 3.8) is 0 Å². The number of likely N-dealkylation sites (N-methyl/N-ethyl adjacent to an activating group) is 1. The Kier molecular flexibility index (Phi) is 2.29. The van der Waals surface area contributed by atoms with Gasteiger partial charge in [-0.2, -0.15) is 0 Å². The zero-order valence-electron chi connectivity index (χ0n) is 7.31. The lowest BCUT2D eigenvalue weighted by atomic mass is 10.0. The fourth-order valence-corrected chi connectivity index (χ4v) is 0.902. The number of imidazole rings is 1. The molecule has 0 aliphatic heterocycles. The predicted octanol–water partition coefficient (Wildman–Crippen LogP) is 0.950. The van der Waals surface area contributed by atoms with Crippen molar-refractivity contribution in [3.05, 3.63) is 18.2 Å². The predicted molar refractivity (Wildman–Crippen MR) is 45.4 cm³/mol. The molecule has 0 saturated carbocycles. The van der Waals surface area contributed by atoms with E-state index >= 15 is 0 Å². The van der Waals surface area contributed by atoms with Crippen LogP contribution in [0.2, 0.25) is 0 Å². The summed E-state index contributed by atoms with van der Waals surface area (Å²) in [6, 6.07) is 0. The van der Waals surface area contributed by atoms with Gasteiger partial charge in [0.05, 0.1) is 0 Å². The number of hydrogen-bond acceptors (Lipinski definition) is 2. The molecule has 0 saturated heterocycles. The largest absolute Gasteiger partial charge is 0.349 e. The third-order valence-electron chi connectivity index (χ3n) is 1.84. The quantitative estimate of drug-likeness (QED) is 0.678. The van der Waals surface area contributed by atoms with Crippen LogP contribution in [0.3, 0.4) is 0 Å². The molecule has 11 heavy (non-hydrogen) atoms. The molecule has 0 unspecified atom stereocenters. The zero-order valence-corrected chi connectivity index (χ0v) is 7.31. The van der Waals surface area contributed by atoms with Gasteiger partial charge in [0, 0.05) is 24.4 Å². The van der Waals surface area contributed by atoms with Crippen LogP contribution in [0.4, 0.5) is 0 Å². The van der Waals surface area contributed by atoms with E-state index in [1.54, 1.807) is 6.20 Å². The van der Waals surface area contributed by atoms with Gasteiger partial charge in [-0.1, -0.05) is 0 Å². The van der Waals surface area contributed by atoms with Crippen LogP contribution < -0.4 is 5.32 Å². The molecule has 0 aliphatic rings. The average molecular weight is 153 g/mol. The SMILES string of the molecule is CNC(C)(C)Cc1ncc[nH]1. The highest BCUT2D eigenvalue weighted by atomic mass is 15.0. The van der Waals surface area contributed by atoms with Crippen molar-refractivity contribution >= 4 is 0 Å². The van der Waals surface area contributed by atoms with E-state index in [4.69, 9.17) is 0 Å². The highest BCUT2D eigenvalue weighted by Crippen LogP contribution is 2.07. The Morgan fingerprint density at radius 2 is 2.36 bits per heavy atom. The summed E-state index contributed by atoms with van der Waals surface area (Å²) < 4.78 is 0. The van der Waals surface area contributed by atoms with Crippen LogP contribution in [0.1, 0.15) is 19.7 Å². The van der Waals surface area contributed by atoms with Crippen molar-refractivity contribution in [1.29, 1.82) is 0 Å². The van der Waals surface area contributed by atoms with E-state index in [0.717, 1.165) is 12.2 Å². The molecule has 3 heteroatoms. The summed E-state index contributed by atoms with van der Waals surface area (Å²) in [5.74, 6) is 1.03. The van der Waals surface area contributed by atoms with Crippen molar-refractivity contribution < 1.29 is 0 Å². The second-order valence-corrected chi connectivity index (χ2v) is 3.35. The monoisotopic (exact) mass is 153 g/mol. The van der Waals surface area contributed by atoms with E-state index in [2.05, 4.69) is 29.1 Å².